The maximum atomic E-state index is 9.24. The summed E-state index contributed by atoms with van der Waals surface area (Å²) < 4.78 is 3.89. The van der Waals surface area contributed by atoms with E-state index in [1.807, 2.05) is 0 Å². The summed E-state index contributed by atoms with van der Waals surface area (Å²) in [5, 5.41) is 9.24. The molecule has 3 heteroatoms. The molecular formula is C9H22OSn2. The van der Waals surface area contributed by atoms with Gasteiger partial charge in [-0.1, -0.05) is 0 Å². The van der Waals surface area contributed by atoms with Crippen LogP contribution in [0.4, 0.5) is 0 Å². The van der Waals surface area contributed by atoms with Crippen LogP contribution in [0.2, 0.25) is 29.6 Å². The Morgan fingerprint density at radius 3 is 1.58 bits per heavy atom. The average molecular weight is 384 g/mol. The molecule has 0 aliphatic heterocycles. The van der Waals surface area contributed by atoms with E-state index >= 15 is 0 Å². The summed E-state index contributed by atoms with van der Waals surface area (Å²) in [4.78, 5) is 14.3. The van der Waals surface area contributed by atoms with E-state index < -0.39 is 36.8 Å². The Kier molecular flexibility index (Phi) is 5.19. The summed E-state index contributed by atoms with van der Waals surface area (Å²) in [5.41, 5.74) is 0. The van der Waals surface area contributed by atoms with Gasteiger partial charge >= 0.3 is 85.8 Å². The zero-order valence-electron chi connectivity index (χ0n) is 9.23. The molecule has 0 bridgehead atoms. The van der Waals surface area contributed by atoms with E-state index in [9.17, 15) is 5.11 Å². The first-order valence-corrected chi connectivity index (χ1v) is 24.7. The van der Waals surface area contributed by atoms with Gasteiger partial charge in [-0.15, -0.1) is 0 Å². The molecule has 0 aliphatic carbocycles. The van der Waals surface area contributed by atoms with Gasteiger partial charge in [0, 0.05) is 0 Å². The Morgan fingerprint density at radius 2 is 1.50 bits per heavy atom. The Balaban J connectivity index is 4.68. The molecule has 0 aromatic rings. The van der Waals surface area contributed by atoms with Crippen molar-refractivity contribution in [3.05, 3.63) is 7.68 Å². The molecule has 0 heterocycles. The van der Waals surface area contributed by atoms with Gasteiger partial charge in [0.1, 0.15) is 0 Å². The van der Waals surface area contributed by atoms with E-state index in [2.05, 4.69) is 33.7 Å². The van der Waals surface area contributed by atoms with Crippen molar-refractivity contribution in [3.8, 4) is 0 Å². The van der Waals surface area contributed by atoms with Gasteiger partial charge in [0.2, 0.25) is 0 Å². The van der Waals surface area contributed by atoms with Crippen LogP contribution in [0.5, 0.6) is 0 Å². The fourth-order valence-electron chi connectivity index (χ4n) is 1.02. The molecule has 0 fully saturated rings. The van der Waals surface area contributed by atoms with Crippen molar-refractivity contribution < 1.29 is 5.11 Å². The van der Waals surface area contributed by atoms with Crippen molar-refractivity contribution in [2.75, 3.05) is 6.61 Å². The molecule has 0 unspecified atom stereocenters. The van der Waals surface area contributed by atoms with Crippen LogP contribution in [0.15, 0.2) is 7.68 Å². The van der Waals surface area contributed by atoms with Crippen LogP contribution in [-0.2, 0) is 0 Å². The van der Waals surface area contributed by atoms with E-state index in [-0.39, 0.29) is 0 Å². The number of hydrogen-bond donors (Lipinski definition) is 1. The predicted octanol–water partition coefficient (Wildman–Crippen LogP) is 2.66. The molecule has 1 nitrogen and oxygen atoms in total. The molecule has 1 N–H and O–H groups in total. The first-order valence-electron chi connectivity index (χ1n) is 4.50. The van der Waals surface area contributed by atoms with Crippen LogP contribution < -0.4 is 0 Å². The molecule has 0 radical (unpaired) electrons. The summed E-state index contributed by atoms with van der Waals surface area (Å²) in [6.07, 6.45) is 0. The van der Waals surface area contributed by atoms with E-state index in [1.165, 1.54) is 3.59 Å². The zero-order chi connectivity index (χ0) is 9.99. The fraction of sp³-hybridized carbons (Fsp3) is 0.778. The number of hydrogen-bond acceptors (Lipinski definition) is 1. The van der Waals surface area contributed by atoms with E-state index in [4.69, 9.17) is 0 Å². The normalized spacial score (nSPS) is 15.1. The van der Waals surface area contributed by atoms with Crippen LogP contribution in [-0.4, -0.2) is 48.5 Å². The summed E-state index contributed by atoms with van der Waals surface area (Å²) in [6.45, 7) is 0.313. The topological polar surface area (TPSA) is 20.2 Å². The minimum absolute atomic E-state index is 0.313. The molecular weight excluding hydrogens is 362 g/mol. The van der Waals surface area contributed by atoms with Gasteiger partial charge in [0.25, 0.3) is 0 Å². The van der Waals surface area contributed by atoms with Gasteiger partial charge < -0.3 is 0 Å². The van der Waals surface area contributed by atoms with E-state index in [0.29, 0.717) is 6.61 Å². The number of rotatable bonds is 3. The predicted molar refractivity (Wildman–Crippen MR) is 61.9 cm³/mol. The van der Waals surface area contributed by atoms with Crippen LogP contribution in [0.3, 0.4) is 0 Å². The van der Waals surface area contributed by atoms with Crippen LogP contribution >= 0.6 is 0 Å². The first-order chi connectivity index (χ1) is 5.17. The molecule has 12 heavy (non-hydrogen) atoms. The van der Waals surface area contributed by atoms with Gasteiger partial charge in [-0.3, -0.25) is 0 Å². The quantitative estimate of drug-likeness (QED) is 0.743. The fourth-order valence-corrected chi connectivity index (χ4v) is 23.4. The van der Waals surface area contributed by atoms with E-state index in [1.54, 1.807) is 0 Å². The monoisotopic (exact) mass is 386 g/mol. The molecule has 0 amide bonds. The summed E-state index contributed by atoms with van der Waals surface area (Å²) in [5.74, 6) is 0. The van der Waals surface area contributed by atoms with Crippen molar-refractivity contribution >= 4 is 36.8 Å². The summed E-state index contributed by atoms with van der Waals surface area (Å²) >= 11 is -3.74. The third-order valence-corrected chi connectivity index (χ3v) is 13.9. The molecule has 0 aromatic heterocycles. The molecule has 72 valence electrons. The second-order valence-corrected chi connectivity index (χ2v) is 34.4. The number of aliphatic hydroxyl groups excluding tert-OH is 1. The maximum absolute atomic E-state index is 9.24. The number of aliphatic hydroxyl groups is 1. The van der Waals surface area contributed by atoms with E-state index in [0.717, 1.165) is 0 Å². The van der Waals surface area contributed by atoms with Crippen molar-refractivity contribution in [2.24, 2.45) is 0 Å². The van der Waals surface area contributed by atoms with Gasteiger partial charge in [-0.2, -0.15) is 0 Å². The summed E-state index contributed by atoms with van der Waals surface area (Å²) in [6, 6.07) is 0. The van der Waals surface area contributed by atoms with Crippen LogP contribution in [0, 0.1) is 0 Å². The third kappa shape index (κ3) is 5.86. The van der Waals surface area contributed by atoms with Crippen molar-refractivity contribution in [1.82, 2.24) is 0 Å². The molecule has 0 atom stereocenters. The Bertz CT molecular complexity index is 172. The van der Waals surface area contributed by atoms with Gasteiger partial charge in [0.15, 0.2) is 0 Å². The molecule has 0 saturated carbocycles. The van der Waals surface area contributed by atoms with Gasteiger partial charge in [-0.25, -0.2) is 0 Å². The Morgan fingerprint density at radius 1 is 1.08 bits per heavy atom. The van der Waals surface area contributed by atoms with Crippen LogP contribution in [0.25, 0.3) is 0 Å². The van der Waals surface area contributed by atoms with Gasteiger partial charge in [0.05, 0.1) is 0 Å². The average Bonchev–Trinajstić information content (AvgIpc) is 1.78. The second kappa shape index (κ2) is 4.69. The van der Waals surface area contributed by atoms with Crippen LogP contribution in [0.1, 0.15) is 0 Å². The molecule has 0 aliphatic rings. The minimum atomic E-state index is -1.93. The Hall–Kier alpha value is 1.30. The molecule has 0 saturated heterocycles. The molecule has 0 aromatic carbocycles. The molecule has 0 rings (SSSR count). The Labute approximate surface area is 85.0 Å². The van der Waals surface area contributed by atoms with Crippen molar-refractivity contribution in [3.63, 3.8) is 0 Å². The van der Waals surface area contributed by atoms with Gasteiger partial charge in [-0.05, 0) is 0 Å². The second-order valence-electron chi connectivity index (χ2n) is 5.44. The first kappa shape index (κ1) is 13.3. The SMILES string of the molecule is [CH3][Sn]([CH3])([CH3])/[CH]=[C](/CO)[Sn]([CH3])([CH3])[CH3]. The van der Waals surface area contributed by atoms with Crippen molar-refractivity contribution in [2.45, 2.75) is 29.6 Å². The van der Waals surface area contributed by atoms with Crippen molar-refractivity contribution in [1.29, 1.82) is 0 Å². The summed E-state index contributed by atoms with van der Waals surface area (Å²) in [7, 11) is 0. The molecule has 0 spiro atoms. The standard InChI is InChI=1S/C3H4O.6CH3.2Sn/c1-2-3-4;;;;;;;;/h1,4H,3H2;6*1H3;;. The third-order valence-electron chi connectivity index (χ3n) is 1.74. The zero-order valence-corrected chi connectivity index (χ0v) is 14.9.